The highest BCUT2D eigenvalue weighted by Crippen LogP contribution is 2.36. The molecule has 6 nitrogen and oxygen atoms in total. The maximum absolute atomic E-state index is 13.0. The molecule has 2 heterocycles. The van der Waals surface area contributed by atoms with Crippen molar-refractivity contribution in [2.24, 2.45) is 7.05 Å². The van der Waals surface area contributed by atoms with Gasteiger partial charge in [-0.25, -0.2) is 0 Å². The number of halogens is 5. The van der Waals surface area contributed by atoms with Gasteiger partial charge in [-0.05, 0) is 22.9 Å². The molecule has 0 aliphatic heterocycles. The fraction of sp³-hybridized carbons (Fsp3) is 0.462. The Hall–Kier alpha value is -1.55. The average molecular weight is 429 g/mol. The average Bonchev–Trinajstić information content (AvgIpc) is 2.98. The number of rotatable bonds is 4. The van der Waals surface area contributed by atoms with Crippen LogP contribution >= 0.6 is 27.5 Å². The molecule has 24 heavy (non-hydrogen) atoms. The van der Waals surface area contributed by atoms with E-state index in [4.69, 9.17) is 11.6 Å². The molecule has 0 aliphatic rings. The van der Waals surface area contributed by atoms with Gasteiger partial charge >= 0.3 is 6.18 Å². The number of nitrogens with zero attached hydrogens (tertiary/aromatic N) is 5. The Morgan fingerprint density at radius 2 is 2.08 bits per heavy atom. The summed E-state index contributed by atoms with van der Waals surface area (Å²) in [6, 6.07) is 0. The fourth-order valence-corrected chi connectivity index (χ4v) is 3.01. The molecule has 2 rings (SSSR count). The van der Waals surface area contributed by atoms with Crippen LogP contribution in [-0.2, 0) is 26.3 Å². The second-order valence-electron chi connectivity index (χ2n) is 5.05. The number of alkyl halides is 3. The summed E-state index contributed by atoms with van der Waals surface area (Å²) in [4.78, 5) is 13.7. The van der Waals surface area contributed by atoms with Crippen LogP contribution in [0.15, 0.2) is 10.7 Å². The number of amides is 1. The van der Waals surface area contributed by atoms with Gasteiger partial charge in [0.25, 0.3) is 5.91 Å². The number of carbonyl (C=O) groups is 1. The van der Waals surface area contributed by atoms with Crippen LogP contribution in [-0.4, -0.2) is 37.4 Å². The van der Waals surface area contributed by atoms with Crippen molar-refractivity contribution in [2.75, 3.05) is 7.05 Å². The van der Waals surface area contributed by atoms with Crippen LogP contribution < -0.4 is 0 Å². The predicted molar refractivity (Wildman–Crippen MR) is 84.6 cm³/mol. The molecule has 2 aromatic rings. The van der Waals surface area contributed by atoms with E-state index in [2.05, 4.69) is 26.1 Å². The normalized spacial score (nSPS) is 11.8. The standard InChI is InChI=1S/C13H14BrClF3N5O/c1-4-23-8(7(14)5-19-23)6-21(2)12(24)10-9(15)11(13(16,17)18)22(3)20-10/h5H,4,6H2,1-3H3. The zero-order valence-electron chi connectivity index (χ0n) is 13.0. The van der Waals surface area contributed by atoms with Gasteiger partial charge in [-0.1, -0.05) is 11.6 Å². The minimum absolute atomic E-state index is 0.140. The monoisotopic (exact) mass is 427 g/mol. The van der Waals surface area contributed by atoms with Crippen LogP contribution in [0.5, 0.6) is 0 Å². The van der Waals surface area contributed by atoms with E-state index < -0.39 is 28.5 Å². The summed E-state index contributed by atoms with van der Waals surface area (Å²) in [6.07, 6.45) is -3.10. The first kappa shape index (κ1) is 18.8. The zero-order chi connectivity index (χ0) is 18.2. The van der Waals surface area contributed by atoms with Gasteiger partial charge < -0.3 is 4.90 Å². The summed E-state index contributed by atoms with van der Waals surface area (Å²) >= 11 is 9.08. The molecule has 0 N–H and O–H groups in total. The van der Waals surface area contributed by atoms with Crippen LogP contribution in [0.1, 0.15) is 28.8 Å². The zero-order valence-corrected chi connectivity index (χ0v) is 15.4. The van der Waals surface area contributed by atoms with E-state index in [9.17, 15) is 18.0 Å². The lowest BCUT2D eigenvalue weighted by atomic mass is 10.3. The number of carbonyl (C=O) groups excluding carboxylic acids is 1. The summed E-state index contributed by atoms with van der Waals surface area (Å²) < 4.78 is 41.8. The molecule has 0 spiro atoms. The van der Waals surface area contributed by atoms with Crippen LogP contribution in [0, 0.1) is 0 Å². The quantitative estimate of drug-likeness (QED) is 0.750. The Morgan fingerprint density at radius 1 is 1.46 bits per heavy atom. The number of hydrogen-bond acceptors (Lipinski definition) is 3. The third-order valence-electron chi connectivity index (χ3n) is 3.39. The smallest absolute Gasteiger partial charge is 0.334 e. The molecule has 0 saturated carbocycles. The summed E-state index contributed by atoms with van der Waals surface area (Å²) in [5, 5.41) is 7.05. The van der Waals surface area contributed by atoms with Crippen molar-refractivity contribution in [3.05, 3.63) is 32.8 Å². The summed E-state index contributed by atoms with van der Waals surface area (Å²) in [5.74, 6) is -0.707. The van der Waals surface area contributed by atoms with E-state index >= 15 is 0 Å². The van der Waals surface area contributed by atoms with Crippen molar-refractivity contribution in [1.29, 1.82) is 0 Å². The lowest BCUT2D eigenvalue weighted by Crippen LogP contribution is -2.28. The second kappa shape index (κ2) is 6.75. The van der Waals surface area contributed by atoms with E-state index in [1.54, 1.807) is 10.9 Å². The van der Waals surface area contributed by atoms with Crippen LogP contribution in [0.25, 0.3) is 0 Å². The lowest BCUT2D eigenvalue weighted by molar-refractivity contribution is -0.143. The minimum Gasteiger partial charge on any atom is -0.334 e. The summed E-state index contributed by atoms with van der Waals surface area (Å²) in [7, 11) is 2.55. The molecule has 0 atom stereocenters. The van der Waals surface area contributed by atoms with E-state index in [-0.39, 0.29) is 6.54 Å². The molecular weight excluding hydrogens is 415 g/mol. The van der Waals surface area contributed by atoms with Crippen molar-refractivity contribution in [3.63, 3.8) is 0 Å². The first-order chi connectivity index (χ1) is 11.1. The molecule has 0 aromatic carbocycles. The molecule has 0 unspecified atom stereocenters. The molecule has 0 saturated heterocycles. The molecule has 0 aliphatic carbocycles. The van der Waals surface area contributed by atoms with E-state index in [0.29, 0.717) is 15.7 Å². The number of aromatic nitrogens is 4. The minimum atomic E-state index is -4.69. The van der Waals surface area contributed by atoms with E-state index in [1.165, 1.54) is 11.9 Å². The van der Waals surface area contributed by atoms with Crippen LogP contribution in [0.3, 0.4) is 0 Å². The Balaban J connectivity index is 2.31. The molecule has 132 valence electrons. The first-order valence-corrected chi connectivity index (χ1v) is 8.00. The second-order valence-corrected chi connectivity index (χ2v) is 6.28. The van der Waals surface area contributed by atoms with Gasteiger partial charge in [0.2, 0.25) is 0 Å². The largest absolute Gasteiger partial charge is 0.434 e. The van der Waals surface area contributed by atoms with E-state index in [0.717, 1.165) is 12.7 Å². The molecule has 11 heteroatoms. The summed E-state index contributed by atoms with van der Waals surface area (Å²) in [6.45, 7) is 2.61. The third kappa shape index (κ3) is 3.44. The fourth-order valence-electron chi connectivity index (χ4n) is 2.24. The maximum Gasteiger partial charge on any atom is 0.434 e. The Kier molecular flexibility index (Phi) is 5.28. The topological polar surface area (TPSA) is 56.0 Å². The summed E-state index contributed by atoms with van der Waals surface area (Å²) in [5.41, 5.74) is -0.871. The lowest BCUT2D eigenvalue weighted by Gasteiger charge is -2.17. The van der Waals surface area contributed by atoms with Gasteiger partial charge in [-0.2, -0.15) is 23.4 Å². The van der Waals surface area contributed by atoms with Gasteiger partial charge in [0.15, 0.2) is 11.4 Å². The molecule has 2 aromatic heterocycles. The third-order valence-corrected chi connectivity index (χ3v) is 4.41. The molecular formula is C13H14BrClF3N5O. The number of hydrogen-bond donors (Lipinski definition) is 0. The maximum atomic E-state index is 13.0. The van der Waals surface area contributed by atoms with Gasteiger partial charge in [0.1, 0.15) is 5.02 Å². The Morgan fingerprint density at radius 3 is 2.58 bits per heavy atom. The van der Waals surface area contributed by atoms with E-state index in [1.807, 2.05) is 6.92 Å². The highest BCUT2D eigenvalue weighted by Gasteiger charge is 2.40. The molecule has 0 radical (unpaired) electrons. The van der Waals surface area contributed by atoms with Crippen LogP contribution in [0.4, 0.5) is 13.2 Å². The van der Waals surface area contributed by atoms with Crippen molar-refractivity contribution < 1.29 is 18.0 Å². The van der Waals surface area contributed by atoms with Gasteiger partial charge in [-0.15, -0.1) is 0 Å². The Bertz CT molecular complexity index is 770. The van der Waals surface area contributed by atoms with Crippen LogP contribution in [0.2, 0.25) is 5.02 Å². The molecule has 0 bridgehead atoms. The highest BCUT2D eigenvalue weighted by atomic mass is 79.9. The van der Waals surface area contributed by atoms with Crippen molar-refractivity contribution in [2.45, 2.75) is 26.2 Å². The molecule has 0 fully saturated rings. The van der Waals surface area contributed by atoms with Crippen molar-refractivity contribution >= 4 is 33.4 Å². The van der Waals surface area contributed by atoms with Crippen molar-refractivity contribution in [1.82, 2.24) is 24.5 Å². The van der Waals surface area contributed by atoms with Gasteiger partial charge in [0.05, 0.1) is 22.9 Å². The first-order valence-electron chi connectivity index (χ1n) is 6.83. The Labute approximate surface area is 149 Å². The van der Waals surface area contributed by atoms with Gasteiger partial charge in [-0.3, -0.25) is 14.2 Å². The van der Waals surface area contributed by atoms with Crippen molar-refractivity contribution in [3.8, 4) is 0 Å². The SMILES string of the molecule is CCn1ncc(Br)c1CN(C)C(=O)c1nn(C)c(C(F)(F)F)c1Cl. The number of aryl methyl sites for hydroxylation is 2. The highest BCUT2D eigenvalue weighted by molar-refractivity contribution is 9.10. The molecule has 1 amide bonds. The van der Waals surface area contributed by atoms with Gasteiger partial charge in [0, 0.05) is 20.6 Å². The predicted octanol–water partition coefficient (Wildman–Crippen LogP) is 3.34.